The van der Waals surface area contributed by atoms with Gasteiger partial charge < -0.3 is 5.32 Å². The SMILES string of the molecule is Cc1ccccc1-c1cc(F)cc(C2CCNCC2)c1. The second-order valence-corrected chi connectivity index (χ2v) is 5.61. The number of hydrogen-bond acceptors (Lipinski definition) is 1. The Balaban J connectivity index is 2.00. The van der Waals surface area contributed by atoms with Crippen molar-refractivity contribution in [3.05, 3.63) is 59.4 Å². The predicted molar refractivity (Wildman–Crippen MR) is 81.4 cm³/mol. The van der Waals surface area contributed by atoms with Crippen molar-refractivity contribution in [2.24, 2.45) is 0 Å². The molecule has 0 spiro atoms. The summed E-state index contributed by atoms with van der Waals surface area (Å²) in [6.07, 6.45) is 2.19. The van der Waals surface area contributed by atoms with Gasteiger partial charge in [-0.05, 0) is 73.2 Å². The zero-order chi connectivity index (χ0) is 13.9. The number of halogens is 1. The summed E-state index contributed by atoms with van der Waals surface area (Å²) in [5.74, 6) is 0.356. The molecular formula is C18H20FN. The van der Waals surface area contributed by atoms with Gasteiger partial charge in [0.15, 0.2) is 0 Å². The highest BCUT2D eigenvalue weighted by atomic mass is 19.1. The van der Waals surface area contributed by atoms with Crippen LogP contribution in [0.15, 0.2) is 42.5 Å². The molecule has 20 heavy (non-hydrogen) atoms. The minimum Gasteiger partial charge on any atom is -0.317 e. The molecule has 1 aliphatic heterocycles. The Kier molecular flexibility index (Phi) is 3.83. The Morgan fingerprint density at radius 1 is 1.05 bits per heavy atom. The number of aryl methyl sites for hydroxylation is 1. The van der Waals surface area contributed by atoms with Crippen LogP contribution in [0.4, 0.5) is 4.39 Å². The van der Waals surface area contributed by atoms with Gasteiger partial charge in [0.25, 0.3) is 0 Å². The smallest absolute Gasteiger partial charge is 0.124 e. The summed E-state index contributed by atoms with van der Waals surface area (Å²) in [6.45, 7) is 4.13. The maximum absolute atomic E-state index is 14.0. The third kappa shape index (κ3) is 2.75. The van der Waals surface area contributed by atoms with E-state index in [0.717, 1.165) is 42.6 Å². The molecule has 1 saturated heterocycles. The third-order valence-corrected chi connectivity index (χ3v) is 4.19. The van der Waals surface area contributed by atoms with Gasteiger partial charge in [-0.3, -0.25) is 0 Å². The van der Waals surface area contributed by atoms with Crippen molar-refractivity contribution in [2.45, 2.75) is 25.7 Å². The van der Waals surface area contributed by atoms with Gasteiger partial charge in [0.1, 0.15) is 5.82 Å². The molecule has 0 bridgehead atoms. The van der Waals surface area contributed by atoms with E-state index < -0.39 is 0 Å². The number of nitrogens with one attached hydrogen (secondary N) is 1. The molecular weight excluding hydrogens is 249 g/mol. The standard InChI is InChI=1S/C18H20FN/c1-13-4-2-3-5-18(13)16-10-15(11-17(19)12-16)14-6-8-20-9-7-14/h2-5,10-12,14,20H,6-9H2,1H3. The zero-order valence-corrected chi connectivity index (χ0v) is 11.8. The average Bonchev–Trinajstić information content (AvgIpc) is 2.48. The van der Waals surface area contributed by atoms with Gasteiger partial charge >= 0.3 is 0 Å². The van der Waals surface area contributed by atoms with Crippen molar-refractivity contribution < 1.29 is 4.39 Å². The molecule has 0 aliphatic carbocycles. The Bertz CT molecular complexity index is 600. The van der Waals surface area contributed by atoms with Gasteiger partial charge in [-0.2, -0.15) is 0 Å². The highest BCUT2D eigenvalue weighted by molar-refractivity contribution is 5.68. The average molecular weight is 269 g/mol. The molecule has 0 unspecified atom stereocenters. The molecule has 1 heterocycles. The van der Waals surface area contributed by atoms with Crippen molar-refractivity contribution in [2.75, 3.05) is 13.1 Å². The van der Waals surface area contributed by atoms with Crippen LogP contribution < -0.4 is 5.32 Å². The van der Waals surface area contributed by atoms with E-state index >= 15 is 0 Å². The highest BCUT2D eigenvalue weighted by Crippen LogP contribution is 2.31. The van der Waals surface area contributed by atoms with Crippen LogP contribution in [0.25, 0.3) is 11.1 Å². The van der Waals surface area contributed by atoms with Crippen LogP contribution in [0.2, 0.25) is 0 Å². The summed E-state index contributed by atoms with van der Waals surface area (Å²) in [5.41, 5.74) is 4.46. The van der Waals surface area contributed by atoms with Crippen molar-refractivity contribution in [1.29, 1.82) is 0 Å². The molecule has 1 fully saturated rings. The molecule has 2 heteroatoms. The first-order valence-corrected chi connectivity index (χ1v) is 7.31. The van der Waals surface area contributed by atoms with Gasteiger partial charge in [0.2, 0.25) is 0 Å². The Hall–Kier alpha value is -1.67. The van der Waals surface area contributed by atoms with E-state index in [4.69, 9.17) is 0 Å². The van der Waals surface area contributed by atoms with Gasteiger partial charge in [0.05, 0.1) is 0 Å². The molecule has 1 N–H and O–H groups in total. The first-order chi connectivity index (χ1) is 9.74. The lowest BCUT2D eigenvalue weighted by molar-refractivity contribution is 0.458. The van der Waals surface area contributed by atoms with Crippen molar-refractivity contribution in [1.82, 2.24) is 5.32 Å². The largest absolute Gasteiger partial charge is 0.317 e. The van der Waals surface area contributed by atoms with Crippen LogP contribution in [0.5, 0.6) is 0 Å². The van der Waals surface area contributed by atoms with E-state index in [0.29, 0.717) is 5.92 Å². The molecule has 2 aromatic carbocycles. The fraction of sp³-hybridized carbons (Fsp3) is 0.333. The van der Waals surface area contributed by atoms with E-state index in [2.05, 4.69) is 30.4 Å². The van der Waals surface area contributed by atoms with Crippen molar-refractivity contribution in [3.8, 4) is 11.1 Å². The second kappa shape index (κ2) is 5.76. The number of rotatable bonds is 2. The lowest BCUT2D eigenvalue weighted by Crippen LogP contribution is -2.26. The maximum Gasteiger partial charge on any atom is 0.124 e. The number of benzene rings is 2. The molecule has 0 radical (unpaired) electrons. The molecule has 1 aliphatic rings. The van der Waals surface area contributed by atoms with Crippen molar-refractivity contribution in [3.63, 3.8) is 0 Å². The predicted octanol–water partition coefficient (Wildman–Crippen LogP) is 4.27. The molecule has 0 amide bonds. The molecule has 0 aromatic heterocycles. The summed E-state index contributed by atoms with van der Waals surface area (Å²) >= 11 is 0. The molecule has 3 rings (SSSR count). The highest BCUT2D eigenvalue weighted by Gasteiger charge is 2.17. The van der Waals surface area contributed by atoms with Crippen LogP contribution in [0.3, 0.4) is 0 Å². The first kappa shape index (κ1) is 13.3. The minimum atomic E-state index is -0.126. The summed E-state index contributed by atoms with van der Waals surface area (Å²) < 4.78 is 14.0. The van der Waals surface area contributed by atoms with Crippen molar-refractivity contribution >= 4 is 0 Å². The lowest BCUT2D eigenvalue weighted by Gasteiger charge is -2.23. The van der Waals surface area contributed by atoms with Gasteiger partial charge in [-0.1, -0.05) is 30.3 Å². The Morgan fingerprint density at radius 3 is 2.55 bits per heavy atom. The second-order valence-electron chi connectivity index (χ2n) is 5.61. The zero-order valence-electron chi connectivity index (χ0n) is 11.8. The molecule has 2 aromatic rings. The summed E-state index contributed by atoms with van der Waals surface area (Å²) in [4.78, 5) is 0. The van der Waals surface area contributed by atoms with Crippen LogP contribution in [-0.2, 0) is 0 Å². The topological polar surface area (TPSA) is 12.0 Å². The lowest BCUT2D eigenvalue weighted by atomic mass is 9.88. The Labute approximate surface area is 119 Å². The fourth-order valence-electron chi connectivity index (χ4n) is 3.06. The summed E-state index contributed by atoms with van der Waals surface area (Å²) in [7, 11) is 0. The van der Waals surface area contributed by atoms with Crippen LogP contribution in [0, 0.1) is 12.7 Å². The molecule has 1 nitrogen and oxygen atoms in total. The van der Waals surface area contributed by atoms with E-state index in [-0.39, 0.29) is 5.82 Å². The van der Waals surface area contributed by atoms with Gasteiger partial charge in [-0.25, -0.2) is 4.39 Å². The first-order valence-electron chi connectivity index (χ1n) is 7.31. The Morgan fingerprint density at radius 2 is 1.80 bits per heavy atom. The quantitative estimate of drug-likeness (QED) is 0.858. The van der Waals surface area contributed by atoms with Gasteiger partial charge in [-0.15, -0.1) is 0 Å². The molecule has 0 saturated carbocycles. The third-order valence-electron chi connectivity index (χ3n) is 4.19. The van der Waals surface area contributed by atoms with Crippen LogP contribution >= 0.6 is 0 Å². The maximum atomic E-state index is 14.0. The minimum absolute atomic E-state index is 0.126. The van der Waals surface area contributed by atoms with E-state index in [1.165, 1.54) is 5.56 Å². The number of piperidine rings is 1. The van der Waals surface area contributed by atoms with E-state index in [1.54, 1.807) is 12.1 Å². The van der Waals surface area contributed by atoms with Crippen LogP contribution in [0.1, 0.15) is 29.9 Å². The fourth-order valence-corrected chi connectivity index (χ4v) is 3.06. The van der Waals surface area contributed by atoms with E-state index in [9.17, 15) is 4.39 Å². The van der Waals surface area contributed by atoms with Crippen LogP contribution in [-0.4, -0.2) is 13.1 Å². The van der Waals surface area contributed by atoms with Gasteiger partial charge in [0, 0.05) is 0 Å². The normalized spacial score (nSPS) is 16.3. The summed E-state index contributed by atoms with van der Waals surface area (Å²) in [6, 6.07) is 13.7. The number of hydrogen-bond donors (Lipinski definition) is 1. The monoisotopic (exact) mass is 269 g/mol. The molecule has 0 atom stereocenters. The molecule has 104 valence electrons. The van der Waals surface area contributed by atoms with E-state index in [1.807, 2.05) is 12.1 Å². The summed E-state index contributed by atoms with van der Waals surface area (Å²) in [5, 5.41) is 3.36.